The molecule has 0 spiro atoms. The zero-order valence-electron chi connectivity index (χ0n) is 15.4. The molecule has 0 amide bonds. The molecule has 1 aromatic heterocycles. The van der Waals surface area contributed by atoms with Gasteiger partial charge < -0.3 is 10.2 Å². The number of hydrogen-bond donors (Lipinski definition) is 2. The molecule has 2 N–H and O–H groups in total. The van der Waals surface area contributed by atoms with Crippen LogP contribution in [-0.4, -0.2) is 20.6 Å². The van der Waals surface area contributed by atoms with Gasteiger partial charge >= 0.3 is 0 Å². The molecule has 1 heterocycles. The van der Waals surface area contributed by atoms with E-state index < -0.39 is 0 Å². The van der Waals surface area contributed by atoms with Gasteiger partial charge in [-0.3, -0.25) is 9.36 Å². The van der Waals surface area contributed by atoms with Crippen LogP contribution in [0.5, 0.6) is 11.8 Å². The van der Waals surface area contributed by atoms with Crippen LogP contribution in [0.25, 0.3) is 11.1 Å². The molecular formula is C24H21NO3. The monoisotopic (exact) mass is 371 g/mol. The van der Waals surface area contributed by atoms with Gasteiger partial charge in [-0.1, -0.05) is 66.7 Å². The lowest BCUT2D eigenvalue weighted by atomic mass is 10.0. The summed E-state index contributed by atoms with van der Waals surface area (Å²) in [5.41, 5.74) is 4.49. The fourth-order valence-corrected chi connectivity index (χ4v) is 4.54. The molecule has 4 heteroatoms. The van der Waals surface area contributed by atoms with Crippen LogP contribution in [0, 0.1) is 0 Å². The van der Waals surface area contributed by atoms with E-state index in [9.17, 15) is 15.0 Å². The largest absolute Gasteiger partial charge is 0.494 e. The minimum absolute atomic E-state index is 0.00614. The van der Waals surface area contributed by atoms with Gasteiger partial charge in [0.1, 0.15) is 0 Å². The van der Waals surface area contributed by atoms with Crippen molar-refractivity contribution in [2.45, 2.75) is 31.2 Å². The Morgan fingerprint density at radius 3 is 2.04 bits per heavy atom. The number of benzene rings is 2. The molecule has 0 saturated carbocycles. The summed E-state index contributed by atoms with van der Waals surface area (Å²) in [5.74, 6) is 0.586. The van der Waals surface area contributed by atoms with Crippen molar-refractivity contribution in [3.8, 4) is 22.9 Å². The number of Topliss-reactive ketones (excluding diaryl/α,β-unsaturated/α-hetero) is 1. The molecule has 3 aromatic rings. The Kier molecular flexibility index (Phi) is 3.86. The molecule has 2 bridgehead atoms. The molecule has 4 nitrogen and oxygen atoms in total. The fourth-order valence-electron chi connectivity index (χ4n) is 4.54. The molecular weight excluding hydrogens is 350 g/mol. The molecule has 0 aliphatic heterocycles. The zero-order valence-corrected chi connectivity index (χ0v) is 15.4. The molecule has 2 unspecified atom stereocenters. The van der Waals surface area contributed by atoms with E-state index in [1.54, 1.807) is 0 Å². The standard InChI is InChI=1S/C24H21NO3/c26-20(17-8-6-16(7-9-17)15-4-2-1-3-5-15)12-13-25-23(27)21-18-10-11-19(14-18)22(21)24(25)28/h1-11,18-19,27-28H,12-14H2. The van der Waals surface area contributed by atoms with Gasteiger partial charge in [0.05, 0.1) is 0 Å². The summed E-state index contributed by atoms with van der Waals surface area (Å²) in [7, 11) is 0. The fraction of sp³-hybridized carbons (Fsp3) is 0.208. The second-order valence-corrected chi connectivity index (χ2v) is 7.58. The molecule has 0 radical (unpaired) electrons. The summed E-state index contributed by atoms with van der Waals surface area (Å²) in [5, 5.41) is 21.1. The lowest BCUT2D eigenvalue weighted by Crippen LogP contribution is -2.06. The topological polar surface area (TPSA) is 62.5 Å². The Morgan fingerprint density at radius 1 is 0.857 bits per heavy atom. The summed E-state index contributed by atoms with van der Waals surface area (Å²) in [4.78, 5) is 12.6. The predicted molar refractivity (Wildman–Crippen MR) is 108 cm³/mol. The van der Waals surface area contributed by atoms with Gasteiger partial charge in [-0.2, -0.15) is 0 Å². The van der Waals surface area contributed by atoms with Crippen molar-refractivity contribution >= 4 is 5.78 Å². The van der Waals surface area contributed by atoms with E-state index in [2.05, 4.69) is 12.2 Å². The molecule has 0 saturated heterocycles. The van der Waals surface area contributed by atoms with Crippen molar-refractivity contribution in [3.63, 3.8) is 0 Å². The molecule has 140 valence electrons. The summed E-state index contributed by atoms with van der Waals surface area (Å²) < 4.78 is 1.48. The van der Waals surface area contributed by atoms with Crippen LogP contribution >= 0.6 is 0 Å². The van der Waals surface area contributed by atoms with Crippen LogP contribution in [0.15, 0.2) is 66.7 Å². The molecule has 2 atom stereocenters. The first-order valence-corrected chi connectivity index (χ1v) is 9.64. The molecule has 2 aliphatic carbocycles. The van der Waals surface area contributed by atoms with E-state index in [1.807, 2.05) is 54.6 Å². The Balaban J connectivity index is 1.31. The second kappa shape index (κ2) is 6.41. The highest BCUT2D eigenvalue weighted by Crippen LogP contribution is 2.56. The summed E-state index contributed by atoms with van der Waals surface area (Å²) in [6.07, 6.45) is 5.34. The van der Waals surface area contributed by atoms with Crippen LogP contribution in [0.2, 0.25) is 0 Å². The molecule has 0 fully saturated rings. The quantitative estimate of drug-likeness (QED) is 0.491. The maximum atomic E-state index is 12.6. The third-order valence-electron chi connectivity index (χ3n) is 5.98. The van der Waals surface area contributed by atoms with Gasteiger partial charge in [-0.25, -0.2) is 0 Å². The van der Waals surface area contributed by atoms with Crippen LogP contribution in [-0.2, 0) is 6.54 Å². The Morgan fingerprint density at radius 2 is 1.43 bits per heavy atom. The lowest BCUT2D eigenvalue weighted by Gasteiger charge is -2.10. The number of aromatic hydroxyl groups is 2. The number of rotatable bonds is 5. The highest BCUT2D eigenvalue weighted by Gasteiger charge is 2.40. The van der Waals surface area contributed by atoms with Gasteiger partial charge in [-0.05, 0) is 17.5 Å². The smallest absolute Gasteiger partial charge is 0.198 e. The first-order chi connectivity index (χ1) is 13.6. The van der Waals surface area contributed by atoms with Crippen molar-refractivity contribution in [1.29, 1.82) is 0 Å². The maximum absolute atomic E-state index is 12.6. The van der Waals surface area contributed by atoms with E-state index in [1.165, 1.54) is 4.57 Å². The maximum Gasteiger partial charge on any atom is 0.198 e. The van der Waals surface area contributed by atoms with E-state index in [0.717, 1.165) is 28.7 Å². The number of allylic oxidation sites excluding steroid dienone is 2. The molecule has 5 rings (SSSR count). The average molecular weight is 371 g/mol. The van der Waals surface area contributed by atoms with Crippen molar-refractivity contribution in [3.05, 3.63) is 83.4 Å². The summed E-state index contributed by atoms with van der Waals surface area (Å²) >= 11 is 0. The first kappa shape index (κ1) is 16.9. The number of nitrogens with zero attached hydrogens (tertiary/aromatic N) is 1. The van der Waals surface area contributed by atoms with Gasteiger partial charge in [0.2, 0.25) is 0 Å². The molecule has 28 heavy (non-hydrogen) atoms. The zero-order chi connectivity index (χ0) is 19.3. The minimum Gasteiger partial charge on any atom is -0.494 e. The Labute approximate surface area is 163 Å². The average Bonchev–Trinajstić information content (AvgIpc) is 3.41. The number of carbonyl (C=O) groups is 1. The summed E-state index contributed by atoms with van der Waals surface area (Å²) in [6, 6.07) is 17.6. The van der Waals surface area contributed by atoms with Gasteiger partial charge in [-0.15, -0.1) is 0 Å². The number of fused-ring (bicyclic) bond motifs is 5. The third-order valence-corrected chi connectivity index (χ3v) is 5.98. The summed E-state index contributed by atoms with van der Waals surface area (Å²) in [6.45, 7) is 0.267. The van der Waals surface area contributed by atoms with Crippen molar-refractivity contribution in [2.75, 3.05) is 0 Å². The molecule has 2 aromatic carbocycles. The normalized spacial score (nSPS) is 19.1. The van der Waals surface area contributed by atoms with Gasteiger partial charge in [0.15, 0.2) is 17.5 Å². The number of ketones is 1. The SMILES string of the molecule is O=C(CCn1c(O)c2c(c1O)C1C=CC2C1)c1ccc(-c2ccccc2)cc1. The van der Waals surface area contributed by atoms with Crippen LogP contribution < -0.4 is 0 Å². The minimum atomic E-state index is -0.00614. The van der Waals surface area contributed by atoms with Crippen molar-refractivity contribution < 1.29 is 15.0 Å². The number of carbonyl (C=O) groups excluding carboxylic acids is 1. The lowest BCUT2D eigenvalue weighted by molar-refractivity contribution is 0.0975. The van der Waals surface area contributed by atoms with E-state index >= 15 is 0 Å². The molecule has 2 aliphatic rings. The van der Waals surface area contributed by atoms with E-state index in [-0.39, 0.29) is 42.3 Å². The van der Waals surface area contributed by atoms with Gasteiger partial charge in [0.25, 0.3) is 0 Å². The van der Waals surface area contributed by atoms with Crippen LogP contribution in [0.3, 0.4) is 0 Å². The number of aromatic nitrogens is 1. The highest BCUT2D eigenvalue weighted by atomic mass is 16.3. The van der Waals surface area contributed by atoms with Crippen LogP contribution in [0.1, 0.15) is 46.2 Å². The Bertz CT molecular complexity index is 1040. The van der Waals surface area contributed by atoms with E-state index in [0.29, 0.717) is 5.56 Å². The third kappa shape index (κ3) is 2.56. The number of hydrogen-bond acceptors (Lipinski definition) is 3. The van der Waals surface area contributed by atoms with E-state index in [4.69, 9.17) is 0 Å². The highest BCUT2D eigenvalue weighted by molar-refractivity contribution is 5.96. The van der Waals surface area contributed by atoms with Crippen molar-refractivity contribution in [1.82, 2.24) is 4.57 Å². The first-order valence-electron chi connectivity index (χ1n) is 9.64. The van der Waals surface area contributed by atoms with Crippen LogP contribution in [0.4, 0.5) is 0 Å². The van der Waals surface area contributed by atoms with Gasteiger partial charge in [0, 0.05) is 41.5 Å². The van der Waals surface area contributed by atoms with Crippen molar-refractivity contribution in [2.24, 2.45) is 0 Å². The predicted octanol–water partition coefficient (Wildman–Crippen LogP) is 4.98. The second-order valence-electron chi connectivity index (χ2n) is 7.58. The Hall–Kier alpha value is -3.27.